The molecule has 6 nitrogen and oxygen atoms in total. The molecule has 0 radical (unpaired) electrons. The zero-order chi connectivity index (χ0) is 26.8. The molecule has 1 saturated heterocycles. The summed E-state index contributed by atoms with van der Waals surface area (Å²) in [6.07, 6.45) is 0.275. The van der Waals surface area contributed by atoms with E-state index in [1.165, 1.54) is 19.1 Å². The number of carbonyl (C=O) groups is 3. The van der Waals surface area contributed by atoms with E-state index in [-0.39, 0.29) is 42.7 Å². The van der Waals surface area contributed by atoms with Crippen LogP contribution in [0.4, 0.5) is 23.2 Å². The number of ether oxygens (including phenoxy) is 1. The fourth-order valence-electron chi connectivity index (χ4n) is 3.85. The van der Waals surface area contributed by atoms with Crippen molar-refractivity contribution in [3.8, 4) is 0 Å². The van der Waals surface area contributed by atoms with E-state index in [0.29, 0.717) is 12.1 Å². The van der Waals surface area contributed by atoms with Crippen LogP contribution in [-0.2, 0) is 20.2 Å². The van der Waals surface area contributed by atoms with Crippen LogP contribution in [0.25, 0.3) is 0 Å². The Morgan fingerprint density at radius 1 is 0.972 bits per heavy atom. The maximum atomic E-state index is 15.1. The highest BCUT2D eigenvalue weighted by molar-refractivity contribution is 6.04. The second-order valence-electron chi connectivity index (χ2n) is 9.79. The molecule has 10 heteroatoms. The molecular weight excluding hydrogens is 480 g/mol. The van der Waals surface area contributed by atoms with E-state index in [2.05, 4.69) is 5.32 Å². The van der Waals surface area contributed by atoms with Crippen LogP contribution < -0.4 is 5.32 Å². The minimum Gasteiger partial charge on any atom is -0.460 e. The first-order valence-electron chi connectivity index (χ1n) is 11.5. The van der Waals surface area contributed by atoms with E-state index in [1.807, 2.05) is 0 Å². The molecule has 0 saturated carbocycles. The Morgan fingerprint density at radius 2 is 1.58 bits per heavy atom. The number of likely N-dealkylation sites (tertiary alicyclic amines) is 1. The van der Waals surface area contributed by atoms with Crippen molar-refractivity contribution in [3.63, 3.8) is 0 Å². The number of nitrogens with zero attached hydrogens (tertiary/aromatic N) is 1. The number of esters is 1. The number of anilines is 1. The Kier molecular flexibility index (Phi) is 7.76. The lowest BCUT2D eigenvalue weighted by Gasteiger charge is -2.34. The Hall–Kier alpha value is -3.43. The first kappa shape index (κ1) is 27.2. The Bertz CT molecular complexity index is 1170. The van der Waals surface area contributed by atoms with Crippen molar-refractivity contribution in [2.45, 2.75) is 52.1 Å². The molecule has 0 spiro atoms. The number of piperidine rings is 1. The molecule has 1 N–H and O–H groups in total. The van der Waals surface area contributed by atoms with Crippen LogP contribution >= 0.6 is 0 Å². The first-order chi connectivity index (χ1) is 16.7. The monoisotopic (exact) mass is 508 g/mol. The van der Waals surface area contributed by atoms with Crippen molar-refractivity contribution in [2.24, 2.45) is 5.92 Å². The summed E-state index contributed by atoms with van der Waals surface area (Å²) < 4.78 is 63.5. The second-order valence-corrected chi connectivity index (χ2v) is 9.79. The van der Waals surface area contributed by atoms with Crippen molar-refractivity contribution in [1.29, 1.82) is 0 Å². The molecular formula is C26H28F4N2O4. The van der Waals surface area contributed by atoms with Crippen molar-refractivity contribution < 1.29 is 36.7 Å². The van der Waals surface area contributed by atoms with Crippen molar-refractivity contribution in [3.05, 3.63) is 64.7 Å². The predicted octanol–water partition coefficient (Wildman–Crippen LogP) is 5.20. The van der Waals surface area contributed by atoms with Gasteiger partial charge in [-0.25, -0.2) is 8.78 Å². The number of aryl methyl sites for hydroxylation is 1. The molecule has 1 aliphatic heterocycles. The van der Waals surface area contributed by atoms with Gasteiger partial charge in [-0.2, -0.15) is 8.78 Å². The van der Waals surface area contributed by atoms with Gasteiger partial charge in [0.15, 0.2) is 0 Å². The molecule has 2 aromatic rings. The summed E-state index contributed by atoms with van der Waals surface area (Å²) in [5, 5.41) is 2.44. The zero-order valence-electron chi connectivity index (χ0n) is 20.5. The molecule has 1 heterocycles. The maximum absolute atomic E-state index is 15.1. The topological polar surface area (TPSA) is 75.7 Å². The molecule has 2 amide bonds. The molecule has 36 heavy (non-hydrogen) atoms. The maximum Gasteiger partial charge on any atom is 0.352 e. The van der Waals surface area contributed by atoms with Crippen LogP contribution in [0.5, 0.6) is 0 Å². The molecule has 3 rings (SSSR count). The van der Waals surface area contributed by atoms with Gasteiger partial charge in [-0.3, -0.25) is 14.4 Å². The summed E-state index contributed by atoms with van der Waals surface area (Å²) in [7, 11) is 0. The van der Waals surface area contributed by atoms with Crippen molar-refractivity contribution in [2.75, 3.05) is 18.4 Å². The third kappa shape index (κ3) is 6.22. The Morgan fingerprint density at radius 3 is 2.17 bits per heavy atom. The average Bonchev–Trinajstić information content (AvgIpc) is 2.80. The quantitative estimate of drug-likeness (QED) is 0.445. The van der Waals surface area contributed by atoms with Gasteiger partial charge in [-0.1, -0.05) is 0 Å². The first-order valence-corrected chi connectivity index (χ1v) is 11.5. The number of hydrogen-bond donors (Lipinski definition) is 1. The molecule has 194 valence electrons. The van der Waals surface area contributed by atoms with Crippen molar-refractivity contribution >= 4 is 23.5 Å². The van der Waals surface area contributed by atoms with Gasteiger partial charge >= 0.3 is 11.9 Å². The molecule has 0 unspecified atom stereocenters. The van der Waals surface area contributed by atoms with Gasteiger partial charge in [0.1, 0.15) is 17.2 Å². The minimum absolute atomic E-state index is 0.121. The lowest BCUT2D eigenvalue weighted by atomic mass is 9.95. The number of rotatable bonds is 5. The largest absolute Gasteiger partial charge is 0.460 e. The van der Waals surface area contributed by atoms with E-state index in [9.17, 15) is 23.2 Å². The number of hydrogen-bond acceptors (Lipinski definition) is 4. The third-order valence-corrected chi connectivity index (χ3v) is 5.77. The highest BCUT2D eigenvalue weighted by Crippen LogP contribution is 2.35. The standard InChI is InChI=1S/C26H28F4N2O4/c1-15-13-18(6-8-20(15)27)31-22(33)17-5-7-21(28)19(14-17)26(29,30)24(35)32-11-9-16(10-12-32)23(34)36-25(2,3)4/h5-8,13-14,16H,9-12H2,1-4H3,(H,31,33). The SMILES string of the molecule is Cc1cc(NC(=O)c2ccc(F)c(C(F)(F)C(=O)N3CCC(C(=O)OC(C)(C)C)CC3)c2)ccc1F. The number of amides is 2. The van der Waals surface area contributed by atoms with E-state index < -0.39 is 52.4 Å². The number of halogens is 4. The normalized spacial score (nSPS) is 14.9. The van der Waals surface area contributed by atoms with Crippen LogP contribution in [0.15, 0.2) is 36.4 Å². The molecule has 1 fully saturated rings. The highest BCUT2D eigenvalue weighted by Gasteiger charge is 2.47. The van der Waals surface area contributed by atoms with Gasteiger partial charge in [0.2, 0.25) is 0 Å². The molecule has 0 aromatic heterocycles. The molecule has 0 atom stereocenters. The number of nitrogens with one attached hydrogen (secondary N) is 1. The average molecular weight is 509 g/mol. The lowest BCUT2D eigenvalue weighted by Crippen LogP contribution is -2.47. The van der Waals surface area contributed by atoms with E-state index in [0.717, 1.165) is 17.0 Å². The van der Waals surface area contributed by atoms with E-state index >= 15 is 8.78 Å². The second kappa shape index (κ2) is 10.3. The predicted molar refractivity (Wildman–Crippen MR) is 125 cm³/mol. The summed E-state index contributed by atoms with van der Waals surface area (Å²) in [5.41, 5.74) is -1.74. The van der Waals surface area contributed by atoms with Gasteiger partial charge in [-0.15, -0.1) is 0 Å². The minimum atomic E-state index is -4.24. The van der Waals surface area contributed by atoms with E-state index in [1.54, 1.807) is 20.8 Å². The Labute approximate surface area is 206 Å². The van der Waals surface area contributed by atoms with Crippen LogP contribution in [0, 0.1) is 24.5 Å². The number of carbonyl (C=O) groups excluding carboxylic acids is 3. The number of alkyl halides is 2. The fourth-order valence-corrected chi connectivity index (χ4v) is 3.85. The summed E-state index contributed by atoms with van der Waals surface area (Å²) in [6, 6.07) is 6.13. The molecule has 0 bridgehead atoms. The van der Waals surface area contributed by atoms with Gasteiger partial charge in [0, 0.05) is 24.3 Å². The zero-order valence-corrected chi connectivity index (χ0v) is 20.5. The van der Waals surface area contributed by atoms with Crippen LogP contribution in [0.3, 0.4) is 0 Å². The van der Waals surface area contributed by atoms with Gasteiger partial charge in [0.25, 0.3) is 11.8 Å². The summed E-state index contributed by atoms with van der Waals surface area (Å²) in [6.45, 7) is 6.40. The highest BCUT2D eigenvalue weighted by atomic mass is 19.3. The summed E-state index contributed by atoms with van der Waals surface area (Å²) in [5.74, 6) is -9.50. The lowest BCUT2D eigenvalue weighted by molar-refractivity contribution is -0.167. The van der Waals surface area contributed by atoms with Crippen molar-refractivity contribution in [1.82, 2.24) is 4.90 Å². The van der Waals surface area contributed by atoms with Gasteiger partial charge < -0.3 is 15.0 Å². The van der Waals surface area contributed by atoms with Gasteiger partial charge in [-0.05, 0) is 82.5 Å². The molecule has 2 aromatic carbocycles. The summed E-state index contributed by atoms with van der Waals surface area (Å²) >= 11 is 0. The fraction of sp³-hybridized carbons (Fsp3) is 0.423. The molecule has 1 aliphatic rings. The van der Waals surface area contributed by atoms with Crippen LogP contribution in [-0.4, -0.2) is 41.4 Å². The Balaban J connectivity index is 1.73. The van der Waals surface area contributed by atoms with Crippen LogP contribution in [0.1, 0.15) is 55.1 Å². The van der Waals surface area contributed by atoms with Gasteiger partial charge in [0.05, 0.1) is 11.5 Å². The smallest absolute Gasteiger partial charge is 0.352 e. The molecule has 0 aliphatic carbocycles. The number of benzene rings is 2. The van der Waals surface area contributed by atoms with E-state index in [4.69, 9.17) is 4.74 Å². The third-order valence-electron chi connectivity index (χ3n) is 5.77. The summed E-state index contributed by atoms with van der Waals surface area (Å²) in [4.78, 5) is 38.4. The van der Waals surface area contributed by atoms with Crippen LogP contribution in [0.2, 0.25) is 0 Å².